The molecule has 0 atom stereocenters. The summed E-state index contributed by atoms with van der Waals surface area (Å²) in [6.07, 6.45) is 0.740. The van der Waals surface area contributed by atoms with Crippen molar-refractivity contribution >= 4 is 23.5 Å². The van der Waals surface area contributed by atoms with Gasteiger partial charge in [0.05, 0.1) is 13.7 Å². The highest BCUT2D eigenvalue weighted by Crippen LogP contribution is 2.22. The Morgan fingerprint density at radius 3 is 2.56 bits per heavy atom. The van der Waals surface area contributed by atoms with Gasteiger partial charge in [0, 0.05) is 31.2 Å². The third-order valence-electron chi connectivity index (χ3n) is 3.41. The van der Waals surface area contributed by atoms with Gasteiger partial charge in [-0.1, -0.05) is 17.7 Å². The van der Waals surface area contributed by atoms with Crippen LogP contribution in [0.2, 0.25) is 5.02 Å². The standard InChI is InChI=1S/C18H29ClN4O2/c1-18(2,3)22-16(24)12-23(5)17(20-4)21-10-9-13-7-8-14(25-6)11-15(13)19/h7-8,11H,9-10,12H2,1-6H3,(H,20,21)(H,22,24). The van der Waals surface area contributed by atoms with E-state index in [9.17, 15) is 4.79 Å². The first-order valence-electron chi connectivity index (χ1n) is 8.21. The molecule has 0 saturated heterocycles. The number of guanidine groups is 1. The zero-order chi connectivity index (χ0) is 19.0. The fourth-order valence-electron chi connectivity index (χ4n) is 2.30. The number of hydrogen-bond acceptors (Lipinski definition) is 3. The number of rotatable bonds is 6. The van der Waals surface area contributed by atoms with Crippen LogP contribution in [-0.2, 0) is 11.2 Å². The molecule has 140 valence electrons. The van der Waals surface area contributed by atoms with Crippen LogP contribution in [-0.4, -0.2) is 56.6 Å². The third kappa shape index (κ3) is 7.65. The lowest BCUT2D eigenvalue weighted by Crippen LogP contribution is -2.49. The van der Waals surface area contributed by atoms with Gasteiger partial charge in [0.15, 0.2) is 5.96 Å². The molecule has 7 heteroatoms. The van der Waals surface area contributed by atoms with Crippen LogP contribution in [0.3, 0.4) is 0 Å². The molecule has 0 heterocycles. The summed E-state index contributed by atoms with van der Waals surface area (Å²) >= 11 is 6.25. The Balaban J connectivity index is 2.52. The fraction of sp³-hybridized carbons (Fsp3) is 0.556. The Morgan fingerprint density at radius 2 is 2.04 bits per heavy atom. The number of carbonyl (C=O) groups excluding carboxylic acids is 1. The number of aliphatic imine (C=N–C) groups is 1. The Labute approximate surface area is 155 Å². The van der Waals surface area contributed by atoms with E-state index in [1.165, 1.54) is 0 Å². The van der Waals surface area contributed by atoms with Gasteiger partial charge in [-0.3, -0.25) is 9.79 Å². The molecule has 6 nitrogen and oxygen atoms in total. The third-order valence-corrected chi connectivity index (χ3v) is 3.76. The summed E-state index contributed by atoms with van der Waals surface area (Å²) in [5.41, 5.74) is 0.776. The predicted octanol–water partition coefficient (Wildman–Crippen LogP) is 2.31. The van der Waals surface area contributed by atoms with E-state index in [1.807, 2.05) is 40.0 Å². The van der Waals surface area contributed by atoms with Gasteiger partial charge < -0.3 is 20.3 Å². The second-order valence-corrected chi connectivity index (χ2v) is 7.24. The molecule has 1 amide bonds. The van der Waals surface area contributed by atoms with E-state index < -0.39 is 0 Å². The zero-order valence-corrected chi connectivity index (χ0v) is 16.7. The largest absolute Gasteiger partial charge is 0.497 e. The maximum Gasteiger partial charge on any atom is 0.240 e. The number of ether oxygens (including phenoxy) is 1. The number of methoxy groups -OCH3 is 1. The quantitative estimate of drug-likeness (QED) is 0.597. The van der Waals surface area contributed by atoms with Crippen LogP contribution >= 0.6 is 11.6 Å². The number of likely N-dealkylation sites (N-methyl/N-ethyl adjacent to an activating group) is 1. The molecule has 1 rings (SSSR count). The molecular weight excluding hydrogens is 340 g/mol. The summed E-state index contributed by atoms with van der Waals surface area (Å²) in [7, 11) is 5.14. The smallest absolute Gasteiger partial charge is 0.240 e. The first-order valence-corrected chi connectivity index (χ1v) is 8.59. The average molecular weight is 369 g/mol. The number of benzene rings is 1. The maximum absolute atomic E-state index is 12.0. The summed E-state index contributed by atoms with van der Waals surface area (Å²) < 4.78 is 5.15. The lowest BCUT2D eigenvalue weighted by Gasteiger charge is -2.25. The van der Waals surface area contributed by atoms with Gasteiger partial charge in [0.2, 0.25) is 5.91 Å². The average Bonchev–Trinajstić information content (AvgIpc) is 2.50. The van der Waals surface area contributed by atoms with Gasteiger partial charge in [0.25, 0.3) is 0 Å². The molecule has 0 bridgehead atoms. The second-order valence-electron chi connectivity index (χ2n) is 6.84. The molecule has 0 aliphatic rings. The van der Waals surface area contributed by atoms with E-state index in [1.54, 1.807) is 25.1 Å². The number of hydrogen-bond donors (Lipinski definition) is 2. The number of halogens is 1. The van der Waals surface area contributed by atoms with E-state index in [2.05, 4.69) is 15.6 Å². The zero-order valence-electron chi connectivity index (χ0n) is 15.9. The van der Waals surface area contributed by atoms with Crippen LogP contribution in [0.1, 0.15) is 26.3 Å². The number of carbonyl (C=O) groups is 1. The molecule has 25 heavy (non-hydrogen) atoms. The highest BCUT2D eigenvalue weighted by molar-refractivity contribution is 6.31. The van der Waals surface area contributed by atoms with Crippen LogP contribution in [0.4, 0.5) is 0 Å². The van der Waals surface area contributed by atoms with Gasteiger partial charge in [0.1, 0.15) is 5.75 Å². The van der Waals surface area contributed by atoms with E-state index in [0.29, 0.717) is 17.5 Å². The van der Waals surface area contributed by atoms with Gasteiger partial charge in [-0.15, -0.1) is 0 Å². The van der Waals surface area contributed by atoms with Crippen LogP contribution in [0.25, 0.3) is 0 Å². The Hall–Kier alpha value is -1.95. The molecule has 0 aromatic heterocycles. The SMILES string of the molecule is CN=C(NCCc1ccc(OC)cc1Cl)N(C)CC(=O)NC(C)(C)C. The summed E-state index contributed by atoms with van der Waals surface area (Å²) in [4.78, 5) is 18.0. The van der Waals surface area contributed by atoms with E-state index >= 15 is 0 Å². The van der Waals surface area contributed by atoms with E-state index in [0.717, 1.165) is 17.7 Å². The lowest BCUT2D eigenvalue weighted by molar-refractivity contribution is -0.122. The van der Waals surface area contributed by atoms with Crippen molar-refractivity contribution in [3.63, 3.8) is 0 Å². The first kappa shape index (κ1) is 21.1. The molecule has 0 radical (unpaired) electrons. The van der Waals surface area contributed by atoms with Gasteiger partial charge in [-0.05, 0) is 44.9 Å². The Morgan fingerprint density at radius 1 is 1.36 bits per heavy atom. The monoisotopic (exact) mass is 368 g/mol. The Kier molecular flexibility index (Phi) is 8.03. The Bertz CT molecular complexity index is 612. The van der Waals surface area contributed by atoms with Gasteiger partial charge >= 0.3 is 0 Å². The van der Waals surface area contributed by atoms with Crippen LogP contribution in [0.15, 0.2) is 23.2 Å². The van der Waals surface area contributed by atoms with Crippen molar-refractivity contribution in [3.05, 3.63) is 28.8 Å². The van der Waals surface area contributed by atoms with Crippen molar-refractivity contribution in [2.24, 2.45) is 4.99 Å². The highest BCUT2D eigenvalue weighted by Gasteiger charge is 2.16. The maximum atomic E-state index is 12.0. The first-order chi connectivity index (χ1) is 11.7. The molecule has 1 aromatic rings. The van der Waals surface area contributed by atoms with Crippen molar-refractivity contribution < 1.29 is 9.53 Å². The van der Waals surface area contributed by atoms with E-state index in [-0.39, 0.29) is 18.0 Å². The molecule has 2 N–H and O–H groups in total. The van der Waals surface area contributed by atoms with E-state index in [4.69, 9.17) is 16.3 Å². The number of nitrogens with one attached hydrogen (secondary N) is 2. The fourth-order valence-corrected chi connectivity index (χ4v) is 2.56. The summed E-state index contributed by atoms with van der Waals surface area (Å²) in [6.45, 7) is 6.76. The second kappa shape index (κ2) is 9.51. The highest BCUT2D eigenvalue weighted by atomic mass is 35.5. The van der Waals surface area contributed by atoms with Crippen LogP contribution in [0, 0.1) is 0 Å². The van der Waals surface area contributed by atoms with Crippen molar-refractivity contribution in [1.29, 1.82) is 0 Å². The molecule has 1 aromatic carbocycles. The number of amides is 1. The predicted molar refractivity (Wildman–Crippen MR) is 104 cm³/mol. The van der Waals surface area contributed by atoms with Crippen LogP contribution in [0.5, 0.6) is 5.75 Å². The minimum absolute atomic E-state index is 0.0452. The van der Waals surface area contributed by atoms with Crippen molar-refractivity contribution in [2.75, 3.05) is 34.3 Å². The summed E-state index contributed by atoms with van der Waals surface area (Å²) in [6, 6.07) is 5.64. The molecular formula is C18H29ClN4O2. The lowest BCUT2D eigenvalue weighted by atomic mass is 10.1. The summed E-state index contributed by atoms with van der Waals surface area (Å²) in [5.74, 6) is 1.35. The molecule has 0 aliphatic heterocycles. The molecule has 0 saturated carbocycles. The van der Waals surface area contributed by atoms with Crippen LogP contribution < -0.4 is 15.4 Å². The molecule has 0 aliphatic carbocycles. The minimum Gasteiger partial charge on any atom is -0.497 e. The van der Waals surface area contributed by atoms with Crippen molar-refractivity contribution in [1.82, 2.24) is 15.5 Å². The number of nitrogens with zero attached hydrogens (tertiary/aromatic N) is 2. The summed E-state index contributed by atoms with van der Waals surface area (Å²) in [5, 5.41) is 6.86. The van der Waals surface area contributed by atoms with Crippen molar-refractivity contribution in [3.8, 4) is 5.75 Å². The van der Waals surface area contributed by atoms with Gasteiger partial charge in [-0.2, -0.15) is 0 Å². The molecule has 0 unspecified atom stereocenters. The topological polar surface area (TPSA) is 66.0 Å². The van der Waals surface area contributed by atoms with Crippen molar-refractivity contribution in [2.45, 2.75) is 32.7 Å². The molecule has 0 spiro atoms. The van der Waals surface area contributed by atoms with Gasteiger partial charge in [-0.25, -0.2) is 0 Å². The normalized spacial score (nSPS) is 11.9. The minimum atomic E-state index is -0.250. The molecule has 0 fully saturated rings.